The lowest BCUT2D eigenvalue weighted by atomic mass is 9.92. The molecular weight excluding hydrogens is 413 g/mol. The maximum Gasteiger partial charge on any atom is 0.417 e. The standard InChI is InChI=1S/C20H19F3N6O2/c1-10-26-17-15(18(30)27-10)13(20(21,22)23)8-14(28-17)11-4-3-7-29(9-11)19(31)12-5-2-6-25-16(12)24/h2,5-6,8,11H,3-4,7,9H2,1H3,(H2,24,25)(H,26,27,28,30). The molecule has 1 aliphatic rings. The normalized spacial score (nSPS) is 17.2. The number of halogens is 3. The Morgan fingerprint density at radius 1 is 1.32 bits per heavy atom. The van der Waals surface area contributed by atoms with Gasteiger partial charge in [-0.1, -0.05) is 0 Å². The van der Waals surface area contributed by atoms with Crippen molar-refractivity contribution < 1.29 is 18.0 Å². The van der Waals surface area contributed by atoms with E-state index in [1.807, 2.05) is 0 Å². The molecule has 4 rings (SSSR count). The fourth-order valence-corrected chi connectivity index (χ4v) is 3.87. The number of likely N-dealkylation sites (tertiary alicyclic amines) is 1. The molecule has 1 saturated heterocycles. The molecule has 8 nitrogen and oxygen atoms in total. The van der Waals surface area contributed by atoms with E-state index in [-0.39, 0.29) is 41.0 Å². The molecule has 0 saturated carbocycles. The number of piperidine rings is 1. The summed E-state index contributed by atoms with van der Waals surface area (Å²) in [5.74, 6) is -0.514. The van der Waals surface area contributed by atoms with Crippen molar-refractivity contribution in [3.63, 3.8) is 0 Å². The molecule has 0 aromatic carbocycles. The highest BCUT2D eigenvalue weighted by atomic mass is 19.4. The van der Waals surface area contributed by atoms with Crippen LogP contribution in [0.4, 0.5) is 19.0 Å². The highest BCUT2D eigenvalue weighted by Gasteiger charge is 2.37. The lowest BCUT2D eigenvalue weighted by Crippen LogP contribution is -2.39. The minimum absolute atomic E-state index is 0.0942. The monoisotopic (exact) mass is 432 g/mol. The molecule has 1 amide bonds. The molecule has 1 unspecified atom stereocenters. The van der Waals surface area contributed by atoms with Crippen LogP contribution < -0.4 is 11.3 Å². The molecule has 31 heavy (non-hydrogen) atoms. The van der Waals surface area contributed by atoms with Gasteiger partial charge in [-0.3, -0.25) is 9.59 Å². The van der Waals surface area contributed by atoms with Crippen molar-refractivity contribution in [1.29, 1.82) is 0 Å². The summed E-state index contributed by atoms with van der Waals surface area (Å²) in [6.45, 7) is 2.09. The Kier molecular flexibility index (Phi) is 5.11. The van der Waals surface area contributed by atoms with Crippen LogP contribution in [0.5, 0.6) is 0 Å². The number of aromatic amines is 1. The number of amides is 1. The van der Waals surface area contributed by atoms with Crippen LogP contribution in [-0.2, 0) is 6.18 Å². The van der Waals surface area contributed by atoms with Gasteiger partial charge >= 0.3 is 6.18 Å². The number of alkyl halides is 3. The van der Waals surface area contributed by atoms with Gasteiger partial charge in [-0.25, -0.2) is 15.0 Å². The predicted octanol–water partition coefficient (Wildman–Crippen LogP) is 2.64. The number of hydrogen-bond acceptors (Lipinski definition) is 6. The summed E-state index contributed by atoms with van der Waals surface area (Å²) in [7, 11) is 0. The number of carbonyl (C=O) groups is 1. The number of pyridine rings is 2. The summed E-state index contributed by atoms with van der Waals surface area (Å²) < 4.78 is 41.2. The van der Waals surface area contributed by atoms with Crippen LogP contribution in [0, 0.1) is 6.92 Å². The predicted molar refractivity (Wildman–Crippen MR) is 106 cm³/mol. The summed E-state index contributed by atoms with van der Waals surface area (Å²) in [6, 6.07) is 4.05. The Morgan fingerprint density at radius 3 is 2.81 bits per heavy atom. The topological polar surface area (TPSA) is 118 Å². The lowest BCUT2D eigenvalue weighted by Gasteiger charge is -2.33. The molecular formula is C20H19F3N6O2. The van der Waals surface area contributed by atoms with Crippen molar-refractivity contribution in [3.05, 3.63) is 57.4 Å². The van der Waals surface area contributed by atoms with Crippen molar-refractivity contribution in [2.45, 2.75) is 31.9 Å². The maximum absolute atomic E-state index is 13.7. The minimum atomic E-state index is -4.76. The van der Waals surface area contributed by atoms with Crippen LogP contribution in [0.2, 0.25) is 0 Å². The third-order valence-corrected chi connectivity index (χ3v) is 5.32. The molecule has 1 atom stereocenters. The number of carbonyl (C=O) groups excluding carboxylic acids is 1. The van der Waals surface area contributed by atoms with Crippen LogP contribution in [-0.4, -0.2) is 43.8 Å². The molecule has 0 aliphatic carbocycles. The molecule has 0 spiro atoms. The smallest absolute Gasteiger partial charge is 0.383 e. The number of nitrogen functional groups attached to an aromatic ring is 1. The van der Waals surface area contributed by atoms with E-state index in [2.05, 4.69) is 19.9 Å². The number of aromatic nitrogens is 4. The fraction of sp³-hybridized carbons (Fsp3) is 0.350. The van der Waals surface area contributed by atoms with Gasteiger partial charge in [-0.05, 0) is 38.0 Å². The zero-order valence-corrected chi connectivity index (χ0v) is 16.5. The Morgan fingerprint density at radius 2 is 2.10 bits per heavy atom. The number of rotatable bonds is 2. The van der Waals surface area contributed by atoms with Gasteiger partial charge < -0.3 is 15.6 Å². The third kappa shape index (κ3) is 3.94. The zero-order valence-electron chi connectivity index (χ0n) is 16.5. The lowest BCUT2D eigenvalue weighted by molar-refractivity contribution is -0.136. The van der Waals surface area contributed by atoms with E-state index < -0.39 is 28.6 Å². The van der Waals surface area contributed by atoms with E-state index in [0.717, 1.165) is 6.07 Å². The largest absolute Gasteiger partial charge is 0.417 e. The van der Waals surface area contributed by atoms with Crippen molar-refractivity contribution in [1.82, 2.24) is 24.8 Å². The summed E-state index contributed by atoms with van der Waals surface area (Å²) in [6.07, 6.45) is -2.16. The van der Waals surface area contributed by atoms with E-state index in [9.17, 15) is 22.8 Å². The summed E-state index contributed by atoms with van der Waals surface area (Å²) in [4.78, 5) is 41.1. The van der Waals surface area contributed by atoms with E-state index in [1.165, 1.54) is 18.0 Å². The first-order chi connectivity index (χ1) is 14.6. The SMILES string of the molecule is Cc1nc2nc(C3CCCN(C(=O)c4cccnc4N)C3)cc(C(F)(F)F)c2c(=O)[nH]1. The van der Waals surface area contributed by atoms with Gasteiger partial charge in [0.05, 0.1) is 16.5 Å². The van der Waals surface area contributed by atoms with Gasteiger partial charge in [0.15, 0.2) is 5.65 Å². The van der Waals surface area contributed by atoms with Gasteiger partial charge in [-0.2, -0.15) is 13.2 Å². The Bertz CT molecular complexity index is 1220. The average molecular weight is 432 g/mol. The number of H-pyrrole nitrogens is 1. The molecule has 3 N–H and O–H groups in total. The van der Waals surface area contributed by atoms with Crippen molar-refractivity contribution in [2.24, 2.45) is 0 Å². The molecule has 4 heterocycles. The molecule has 1 aliphatic heterocycles. The third-order valence-electron chi connectivity index (χ3n) is 5.32. The van der Waals surface area contributed by atoms with Gasteiger partial charge in [-0.15, -0.1) is 0 Å². The van der Waals surface area contributed by atoms with E-state index in [1.54, 1.807) is 12.1 Å². The van der Waals surface area contributed by atoms with Crippen LogP contribution in [0.3, 0.4) is 0 Å². The minimum Gasteiger partial charge on any atom is -0.383 e. The summed E-state index contributed by atoms with van der Waals surface area (Å²) in [5.41, 5.74) is 3.96. The fourth-order valence-electron chi connectivity index (χ4n) is 3.87. The van der Waals surface area contributed by atoms with Gasteiger partial charge in [0.1, 0.15) is 11.6 Å². The summed E-state index contributed by atoms with van der Waals surface area (Å²) >= 11 is 0. The second-order valence-electron chi connectivity index (χ2n) is 7.47. The zero-order chi connectivity index (χ0) is 22.3. The second kappa shape index (κ2) is 7.64. The van der Waals surface area contributed by atoms with E-state index in [4.69, 9.17) is 5.73 Å². The highest BCUT2D eigenvalue weighted by Crippen LogP contribution is 2.36. The Hall–Kier alpha value is -3.50. The van der Waals surface area contributed by atoms with E-state index >= 15 is 0 Å². The maximum atomic E-state index is 13.7. The van der Waals surface area contributed by atoms with Gasteiger partial charge in [0, 0.05) is 30.9 Å². The number of aryl methyl sites for hydroxylation is 1. The van der Waals surface area contributed by atoms with Gasteiger partial charge in [0.25, 0.3) is 11.5 Å². The second-order valence-corrected chi connectivity index (χ2v) is 7.47. The molecule has 162 valence electrons. The molecule has 11 heteroatoms. The summed E-state index contributed by atoms with van der Waals surface area (Å²) in [5, 5.41) is -0.589. The Labute approximate surface area is 174 Å². The number of nitrogens with zero attached hydrogens (tertiary/aromatic N) is 4. The van der Waals surface area contributed by atoms with Crippen LogP contribution in [0.15, 0.2) is 29.2 Å². The van der Waals surface area contributed by atoms with Crippen LogP contribution >= 0.6 is 0 Å². The molecule has 0 bridgehead atoms. The van der Waals surface area contributed by atoms with Crippen LogP contribution in [0.1, 0.15) is 46.2 Å². The van der Waals surface area contributed by atoms with E-state index in [0.29, 0.717) is 19.4 Å². The molecule has 0 radical (unpaired) electrons. The first-order valence-corrected chi connectivity index (χ1v) is 9.63. The molecule has 3 aromatic rings. The van der Waals surface area contributed by atoms with Crippen LogP contribution in [0.25, 0.3) is 11.0 Å². The number of fused-ring (bicyclic) bond motifs is 1. The molecule has 3 aromatic heterocycles. The first-order valence-electron chi connectivity index (χ1n) is 9.63. The number of hydrogen-bond donors (Lipinski definition) is 2. The molecule has 1 fully saturated rings. The average Bonchev–Trinajstić information content (AvgIpc) is 2.72. The highest BCUT2D eigenvalue weighted by molar-refractivity contribution is 5.98. The van der Waals surface area contributed by atoms with Crippen molar-refractivity contribution in [2.75, 3.05) is 18.8 Å². The van der Waals surface area contributed by atoms with Crippen molar-refractivity contribution >= 4 is 22.8 Å². The number of nitrogens with two attached hydrogens (primary N) is 1. The quantitative estimate of drug-likeness (QED) is 0.643. The van der Waals surface area contributed by atoms with Gasteiger partial charge in [0.2, 0.25) is 0 Å². The Balaban J connectivity index is 1.74. The van der Waals surface area contributed by atoms with Crippen molar-refractivity contribution in [3.8, 4) is 0 Å². The number of nitrogens with one attached hydrogen (secondary N) is 1. The number of anilines is 1. The first kappa shape index (κ1) is 20.8.